The molecule has 2 aliphatic rings. The number of fused-ring (bicyclic) bond motifs is 1. The Kier molecular flexibility index (Phi) is 2.32. The molecule has 70 valence electrons. The van der Waals surface area contributed by atoms with Crippen molar-refractivity contribution in [1.82, 2.24) is 10.4 Å². The Morgan fingerprint density at radius 3 is 2.92 bits per heavy atom. The van der Waals surface area contributed by atoms with Crippen molar-refractivity contribution in [3.63, 3.8) is 0 Å². The molecule has 1 saturated heterocycles. The van der Waals surface area contributed by atoms with E-state index in [9.17, 15) is 10.3 Å². The molecule has 1 aliphatic carbocycles. The summed E-state index contributed by atoms with van der Waals surface area (Å²) in [6.07, 6.45) is 2.59. The monoisotopic (exact) mass is 172 g/mol. The maximum atomic E-state index is 9.62. The first-order valence-electron chi connectivity index (χ1n) is 4.66. The van der Waals surface area contributed by atoms with Gasteiger partial charge >= 0.3 is 0 Å². The van der Waals surface area contributed by atoms with Gasteiger partial charge in [-0.25, -0.2) is 0 Å². The molecule has 1 heterocycles. The fourth-order valence-corrected chi connectivity index (χ4v) is 2.27. The van der Waals surface area contributed by atoms with Crippen LogP contribution in [0.1, 0.15) is 19.3 Å². The minimum atomic E-state index is -0.279. The lowest BCUT2D eigenvalue weighted by Gasteiger charge is -2.43. The van der Waals surface area contributed by atoms with Crippen LogP contribution in [-0.4, -0.2) is 46.7 Å². The second kappa shape index (κ2) is 3.30. The molecule has 2 rings (SSSR count). The molecule has 4 heteroatoms. The summed E-state index contributed by atoms with van der Waals surface area (Å²) in [7, 11) is 0. The molecular weight excluding hydrogens is 156 g/mol. The Labute approximate surface area is 72.1 Å². The van der Waals surface area contributed by atoms with E-state index in [1.54, 1.807) is 0 Å². The lowest BCUT2D eigenvalue weighted by atomic mass is 9.86. The summed E-state index contributed by atoms with van der Waals surface area (Å²) < 4.78 is 0. The van der Waals surface area contributed by atoms with Crippen LogP contribution in [0.5, 0.6) is 0 Å². The molecule has 0 unspecified atom stereocenters. The van der Waals surface area contributed by atoms with Crippen LogP contribution in [-0.2, 0) is 0 Å². The van der Waals surface area contributed by atoms with E-state index >= 15 is 0 Å². The molecule has 0 bridgehead atoms. The summed E-state index contributed by atoms with van der Waals surface area (Å²) >= 11 is 0. The summed E-state index contributed by atoms with van der Waals surface area (Å²) in [5, 5.41) is 23.8. The Hall–Kier alpha value is -0.160. The zero-order chi connectivity index (χ0) is 8.55. The number of aliphatic hydroxyl groups excluding tert-OH is 1. The molecule has 3 N–H and O–H groups in total. The van der Waals surface area contributed by atoms with Crippen molar-refractivity contribution >= 4 is 0 Å². The molecule has 1 saturated carbocycles. The van der Waals surface area contributed by atoms with Crippen LogP contribution in [0, 0.1) is 0 Å². The van der Waals surface area contributed by atoms with Gasteiger partial charge in [0.1, 0.15) is 0 Å². The fourth-order valence-electron chi connectivity index (χ4n) is 2.27. The number of rotatable bonds is 0. The van der Waals surface area contributed by atoms with Crippen LogP contribution >= 0.6 is 0 Å². The van der Waals surface area contributed by atoms with E-state index in [-0.39, 0.29) is 18.2 Å². The number of hydrogen-bond acceptors (Lipinski definition) is 4. The van der Waals surface area contributed by atoms with Gasteiger partial charge in [0.2, 0.25) is 0 Å². The highest BCUT2D eigenvalue weighted by Gasteiger charge is 2.37. The third kappa shape index (κ3) is 1.35. The molecule has 0 aromatic rings. The van der Waals surface area contributed by atoms with Gasteiger partial charge < -0.3 is 15.6 Å². The number of nitrogens with one attached hydrogen (secondary N) is 1. The number of hydroxylamine groups is 2. The number of nitrogens with zero attached hydrogens (tertiary/aromatic N) is 1. The van der Waals surface area contributed by atoms with Crippen LogP contribution in [0.25, 0.3) is 0 Å². The van der Waals surface area contributed by atoms with Crippen molar-refractivity contribution in [3.8, 4) is 0 Å². The minimum Gasteiger partial charge on any atom is -0.391 e. The third-order valence-corrected chi connectivity index (χ3v) is 2.93. The molecule has 0 spiro atoms. The van der Waals surface area contributed by atoms with Gasteiger partial charge in [-0.1, -0.05) is 0 Å². The second-order valence-corrected chi connectivity index (χ2v) is 3.71. The summed E-state index contributed by atoms with van der Waals surface area (Å²) in [5.41, 5.74) is 0. The van der Waals surface area contributed by atoms with Gasteiger partial charge in [-0.3, -0.25) is 0 Å². The van der Waals surface area contributed by atoms with Gasteiger partial charge in [0.25, 0.3) is 0 Å². The quantitative estimate of drug-likeness (QED) is 0.464. The second-order valence-electron chi connectivity index (χ2n) is 3.71. The third-order valence-electron chi connectivity index (χ3n) is 2.93. The van der Waals surface area contributed by atoms with Crippen LogP contribution in [0.2, 0.25) is 0 Å². The van der Waals surface area contributed by atoms with Crippen LogP contribution in [0.4, 0.5) is 0 Å². The minimum absolute atomic E-state index is 0.0810. The van der Waals surface area contributed by atoms with Gasteiger partial charge in [0.15, 0.2) is 0 Å². The van der Waals surface area contributed by atoms with E-state index in [1.807, 2.05) is 0 Å². The van der Waals surface area contributed by atoms with Gasteiger partial charge in [-0.15, -0.1) is 0 Å². The zero-order valence-corrected chi connectivity index (χ0v) is 7.11. The lowest BCUT2D eigenvalue weighted by molar-refractivity contribution is -0.169. The van der Waals surface area contributed by atoms with Crippen molar-refractivity contribution in [2.75, 3.05) is 13.1 Å². The molecule has 2 fully saturated rings. The molecular formula is C8H16N2O2. The largest absolute Gasteiger partial charge is 0.391 e. The van der Waals surface area contributed by atoms with Crippen molar-refractivity contribution < 1.29 is 10.3 Å². The molecule has 0 radical (unpaired) electrons. The number of hydrogen-bond donors (Lipinski definition) is 3. The van der Waals surface area contributed by atoms with E-state index in [0.29, 0.717) is 6.54 Å². The van der Waals surface area contributed by atoms with E-state index < -0.39 is 0 Å². The normalized spacial score (nSPS) is 44.0. The smallest absolute Gasteiger partial charge is 0.0709 e. The topological polar surface area (TPSA) is 55.7 Å². The molecule has 1 aliphatic heterocycles. The molecule has 0 aromatic heterocycles. The highest BCUT2D eigenvalue weighted by molar-refractivity contribution is 4.94. The predicted molar refractivity (Wildman–Crippen MR) is 43.9 cm³/mol. The fraction of sp³-hybridized carbons (Fsp3) is 1.00. The molecule has 12 heavy (non-hydrogen) atoms. The summed E-state index contributed by atoms with van der Waals surface area (Å²) in [6.45, 7) is 1.45. The molecule has 3 atom stereocenters. The van der Waals surface area contributed by atoms with Crippen LogP contribution in [0.3, 0.4) is 0 Å². The Bertz CT molecular complexity index is 147. The SMILES string of the molecule is O[C@H]1CCC[C@@H]2[C@H]1NCCN2O. The predicted octanol–water partition coefficient (Wildman–Crippen LogP) is -0.437. The molecule has 4 nitrogen and oxygen atoms in total. The van der Waals surface area contributed by atoms with E-state index in [2.05, 4.69) is 5.32 Å². The Morgan fingerprint density at radius 2 is 2.17 bits per heavy atom. The first kappa shape index (κ1) is 8.44. The van der Waals surface area contributed by atoms with Gasteiger partial charge in [0.05, 0.1) is 18.2 Å². The summed E-state index contributed by atoms with van der Waals surface area (Å²) in [5.74, 6) is 0. The highest BCUT2D eigenvalue weighted by atomic mass is 16.5. The Morgan fingerprint density at radius 1 is 1.33 bits per heavy atom. The van der Waals surface area contributed by atoms with E-state index in [4.69, 9.17) is 0 Å². The molecule has 0 aromatic carbocycles. The van der Waals surface area contributed by atoms with Crippen molar-refractivity contribution in [2.45, 2.75) is 37.5 Å². The van der Waals surface area contributed by atoms with E-state index in [1.165, 1.54) is 5.06 Å². The zero-order valence-electron chi connectivity index (χ0n) is 7.11. The summed E-state index contributed by atoms with van der Waals surface area (Å²) in [6, 6.07) is 0.208. The van der Waals surface area contributed by atoms with Crippen molar-refractivity contribution in [3.05, 3.63) is 0 Å². The van der Waals surface area contributed by atoms with E-state index in [0.717, 1.165) is 25.8 Å². The van der Waals surface area contributed by atoms with Gasteiger partial charge in [0, 0.05) is 13.1 Å². The first-order chi connectivity index (χ1) is 5.79. The van der Waals surface area contributed by atoms with Crippen molar-refractivity contribution in [1.29, 1.82) is 0 Å². The highest BCUT2D eigenvalue weighted by Crippen LogP contribution is 2.24. The summed E-state index contributed by atoms with van der Waals surface area (Å²) in [4.78, 5) is 0. The maximum absolute atomic E-state index is 9.62. The molecule has 0 amide bonds. The van der Waals surface area contributed by atoms with Crippen LogP contribution < -0.4 is 5.32 Å². The van der Waals surface area contributed by atoms with Crippen LogP contribution in [0.15, 0.2) is 0 Å². The van der Waals surface area contributed by atoms with Gasteiger partial charge in [-0.05, 0) is 19.3 Å². The van der Waals surface area contributed by atoms with Gasteiger partial charge in [-0.2, -0.15) is 5.06 Å². The first-order valence-corrected chi connectivity index (χ1v) is 4.66. The average Bonchev–Trinajstić information content (AvgIpc) is 2.07. The Balaban J connectivity index is 2.05. The number of aliphatic hydroxyl groups is 1. The average molecular weight is 172 g/mol. The lowest BCUT2D eigenvalue weighted by Crippen LogP contribution is -2.62. The standard InChI is InChI=1S/C8H16N2O2/c11-7-3-1-2-6-8(7)9-4-5-10(6)12/h6-9,11-12H,1-5H2/t6-,7+,8-/m1/s1. The number of piperazine rings is 1. The van der Waals surface area contributed by atoms with Crippen molar-refractivity contribution in [2.24, 2.45) is 0 Å². The maximum Gasteiger partial charge on any atom is 0.0709 e.